The van der Waals surface area contributed by atoms with Crippen LogP contribution < -0.4 is 5.32 Å². The minimum Gasteiger partial charge on any atom is -0.396 e. The van der Waals surface area contributed by atoms with Gasteiger partial charge in [0.1, 0.15) is 0 Å². The Hall–Kier alpha value is -0.120. The lowest BCUT2D eigenvalue weighted by Crippen LogP contribution is -2.30. The van der Waals surface area contributed by atoms with Crippen LogP contribution in [0.2, 0.25) is 0 Å². The summed E-state index contributed by atoms with van der Waals surface area (Å²) in [6.45, 7) is 7.60. The largest absolute Gasteiger partial charge is 0.396 e. The lowest BCUT2D eigenvalue weighted by atomic mass is 9.88. The van der Waals surface area contributed by atoms with Gasteiger partial charge in [-0.2, -0.15) is 0 Å². The molecular formula is C11H25NO2. The van der Waals surface area contributed by atoms with Gasteiger partial charge in [-0.15, -0.1) is 0 Å². The molecule has 86 valence electrons. The normalized spacial score (nSPS) is 12.0. The first-order valence-corrected chi connectivity index (χ1v) is 5.43. The van der Waals surface area contributed by atoms with E-state index in [1.54, 1.807) is 7.11 Å². The van der Waals surface area contributed by atoms with E-state index in [9.17, 15) is 0 Å². The predicted octanol–water partition coefficient (Wildman–Crippen LogP) is 1.41. The molecule has 0 radical (unpaired) electrons. The van der Waals surface area contributed by atoms with Crippen molar-refractivity contribution in [2.45, 2.75) is 33.1 Å². The van der Waals surface area contributed by atoms with Gasteiger partial charge < -0.3 is 15.2 Å². The summed E-state index contributed by atoms with van der Waals surface area (Å²) >= 11 is 0. The summed E-state index contributed by atoms with van der Waals surface area (Å²) in [6.07, 6.45) is 3.03. The highest BCUT2D eigenvalue weighted by Crippen LogP contribution is 2.20. The zero-order chi connectivity index (χ0) is 10.9. The van der Waals surface area contributed by atoms with E-state index in [0.717, 1.165) is 39.0 Å². The first kappa shape index (κ1) is 13.9. The lowest BCUT2D eigenvalue weighted by Gasteiger charge is -2.24. The van der Waals surface area contributed by atoms with Crippen molar-refractivity contribution in [1.82, 2.24) is 5.32 Å². The maximum atomic E-state index is 8.73. The molecule has 2 N–H and O–H groups in total. The van der Waals surface area contributed by atoms with E-state index in [0.29, 0.717) is 6.61 Å². The van der Waals surface area contributed by atoms with Crippen LogP contribution in [0.25, 0.3) is 0 Å². The summed E-state index contributed by atoms with van der Waals surface area (Å²) in [6, 6.07) is 0. The molecule has 0 aliphatic heterocycles. The number of methoxy groups -OCH3 is 1. The molecule has 0 heterocycles. The van der Waals surface area contributed by atoms with E-state index in [4.69, 9.17) is 9.84 Å². The van der Waals surface area contributed by atoms with Gasteiger partial charge in [-0.1, -0.05) is 13.8 Å². The number of hydrogen-bond acceptors (Lipinski definition) is 3. The molecule has 0 bridgehead atoms. The molecule has 0 amide bonds. The van der Waals surface area contributed by atoms with Gasteiger partial charge in [0.05, 0.1) is 0 Å². The van der Waals surface area contributed by atoms with Gasteiger partial charge in [0.25, 0.3) is 0 Å². The first-order valence-electron chi connectivity index (χ1n) is 5.43. The van der Waals surface area contributed by atoms with Crippen molar-refractivity contribution in [1.29, 1.82) is 0 Å². The van der Waals surface area contributed by atoms with E-state index in [2.05, 4.69) is 19.2 Å². The van der Waals surface area contributed by atoms with Gasteiger partial charge >= 0.3 is 0 Å². The van der Waals surface area contributed by atoms with Crippen molar-refractivity contribution in [2.75, 3.05) is 33.4 Å². The zero-order valence-electron chi connectivity index (χ0n) is 9.81. The fourth-order valence-electron chi connectivity index (χ4n) is 1.41. The Morgan fingerprint density at radius 2 is 2.00 bits per heavy atom. The molecule has 0 saturated carbocycles. The molecule has 3 heteroatoms. The highest BCUT2D eigenvalue weighted by atomic mass is 16.5. The second kappa shape index (κ2) is 8.21. The van der Waals surface area contributed by atoms with Crippen molar-refractivity contribution in [2.24, 2.45) is 5.41 Å². The monoisotopic (exact) mass is 203 g/mol. The predicted molar refractivity (Wildman–Crippen MR) is 59.5 cm³/mol. The number of aliphatic hydroxyl groups is 1. The Labute approximate surface area is 87.8 Å². The van der Waals surface area contributed by atoms with Crippen molar-refractivity contribution in [3.8, 4) is 0 Å². The maximum Gasteiger partial charge on any atom is 0.0474 e. The summed E-state index contributed by atoms with van der Waals surface area (Å²) in [5.41, 5.74) is 0.288. The minimum atomic E-state index is 0.288. The Morgan fingerprint density at radius 3 is 2.57 bits per heavy atom. The Kier molecular flexibility index (Phi) is 8.14. The third-order valence-corrected chi connectivity index (χ3v) is 2.32. The Morgan fingerprint density at radius 1 is 1.29 bits per heavy atom. The van der Waals surface area contributed by atoms with Crippen molar-refractivity contribution in [3.05, 3.63) is 0 Å². The molecule has 0 atom stereocenters. The summed E-state index contributed by atoms with van der Waals surface area (Å²) in [7, 11) is 1.73. The minimum absolute atomic E-state index is 0.288. The number of hydrogen-bond donors (Lipinski definition) is 2. The maximum absolute atomic E-state index is 8.73. The summed E-state index contributed by atoms with van der Waals surface area (Å²) in [5.74, 6) is 0. The van der Waals surface area contributed by atoms with Gasteiger partial charge in [-0.05, 0) is 31.2 Å². The smallest absolute Gasteiger partial charge is 0.0474 e. The van der Waals surface area contributed by atoms with Crippen molar-refractivity contribution < 1.29 is 9.84 Å². The summed E-state index contributed by atoms with van der Waals surface area (Å²) in [4.78, 5) is 0. The molecule has 0 aliphatic carbocycles. The second-order valence-corrected chi connectivity index (χ2v) is 4.51. The molecule has 0 aromatic carbocycles. The highest BCUT2D eigenvalue weighted by Gasteiger charge is 2.15. The van der Waals surface area contributed by atoms with Gasteiger partial charge in [0.2, 0.25) is 0 Å². The number of nitrogens with one attached hydrogen (secondary N) is 1. The van der Waals surface area contributed by atoms with E-state index in [1.165, 1.54) is 0 Å². The van der Waals surface area contributed by atoms with E-state index >= 15 is 0 Å². The van der Waals surface area contributed by atoms with Crippen LogP contribution in [0.4, 0.5) is 0 Å². The lowest BCUT2D eigenvalue weighted by molar-refractivity contribution is 0.191. The van der Waals surface area contributed by atoms with Crippen LogP contribution in [-0.2, 0) is 4.74 Å². The van der Waals surface area contributed by atoms with E-state index in [-0.39, 0.29) is 5.41 Å². The van der Waals surface area contributed by atoms with Crippen LogP contribution >= 0.6 is 0 Å². The van der Waals surface area contributed by atoms with Gasteiger partial charge in [0, 0.05) is 26.9 Å². The van der Waals surface area contributed by atoms with Crippen molar-refractivity contribution in [3.63, 3.8) is 0 Å². The zero-order valence-corrected chi connectivity index (χ0v) is 9.81. The fourth-order valence-corrected chi connectivity index (χ4v) is 1.41. The molecule has 0 unspecified atom stereocenters. The molecule has 14 heavy (non-hydrogen) atoms. The molecule has 0 aromatic rings. The van der Waals surface area contributed by atoms with Gasteiger partial charge in [-0.3, -0.25) is 0 Å². The molecule has 0 aromatic heterocycles. The number of ether oxygens (including phenoxy) is 1. The molecule has 3 nitrogen and oxygen atoms in total. The van der Waals surface area contributed by atoms with Crippen LogP contribution in [-0.4, -0.2) is 38.5 Å². The molecule has 0 rings (SSSR count). The van der Waals surface area contributed by atoms with Crippen LogP contribution in [0.1, 0.15) is 33.1 Å². The Balaban J connectivity index is 3.35. The third kappa shape index (κ3) is 8.48. The SMILES string of the molecule is COCCCNCC(C)(C)CCCO. The average molecular weight is 203 g/mol. The van der Waals surface area contributed by atoms with Crippen LogP contribution in [0.15, 0.2) is 0 Å². The first-order chi connectivity index (χ1) is 6.62. The van der Waals surface area contributed by atoms with Crippen LogP contribution in [0.5, 0.6) is 0 Å². The van der Waals surface area contributed by atoms with Crippen LogP contribution in [0.3, 0.4) is 0 Å². The fraction of sp³-hybridized carbons (Fsp3) is 1.00. The standard InChI is InChI=1S/C11H25NO2/c1-11(2,6-4-8-13)10-12-7-5-9-14-3/h12-13H,4-10H2,1-3H3. The van der Waals surface area contributed by atoms with Crippen LogP contribution in [0, 0.1) is 5.41 Å². The molecule has 0 spiro atoms. The topological polar surface area (TPSA) is 41.5 Å². The number of aliphatic hydroxyl groups excluding tert-OH is 1. The highest BCUT2D eigenvalue weighted by molar-refractivity contribution is 4.71. The van der Waals surface area contributed by atoms with Gasteiger partial charge in [0.15, 0.2) is 0 Å². The molecule has 0 saturated heterocycles. The Bertz CT molecular complexity index is 126. The molecule has 0 fully saturated rings. The third-order valence-electron chi connectivity index (χ3n) is 2.32. The molecular weight excluding hydrogens is 178 g/mol. The second-order valence-electron chi connectivity index (χ2n) is 4.51. The quantitative estimate of drug-likeness (QED) is 0.557. The number of rotatable bonds is 9. The summed E-state index contributed by atoms with van der Waals surface area (Å²) < 4.78 is 4.97. The van der Waals surface area contributed by atoms with E-state index in [1.807, 2.05) is 0 Å². The van der Waals surface area contributed by atoms with E-state index < -0.39 is 0 Å². The van der Waals surface area contributed by atoms with Gasteiger partial charge in [-0.25, -0.2) is 0 Å². The van der Waals surface area contributed by atoms with Crippen molar-refractivity contribution >= 4 is 0 Å². The molecule has 0 aliphatic rings. The average Bonchev–Trinajstić information content (AvgIpc) is 2.15. The summed E-state index contributed by atoms with van der Waals surface area (Å²) in [5, 5.41) is 12.1.